The topological polar surface area (TPSA) is 67.2 Å². The van der Waals surface area contributed by atoms with Gasteiger partial charge in [-0.05, 0) is 24.6 Å². The average molecular weight is 203 g/mol. The number of carbonyl (C=O) groups is 2. The van der Waals surface area contributed by atoms with Crippen molar-refractivity contribution in [3.05, 3.63) is 34.4 Å². The molecule has 0 unspecified atom stereocenters. The van der Waals surface area contributed by atoms with Gasteiger partial charge in [0, 0.05) is 5.56 Å². The molecule has 0 heterocycles. The molecule has 0 radical (unpaired) electrons. The summed E-state index contributed by atoms with van der Waals surface area (Å²) < 4.78 is 4.53. The van der Waals surface area contributed by atoms with E-state index in [9.17, 15) is 9.59 Å². The van der Waals surface area contributed by atoms with E-state index in [2.05, 4.69) is 4.74 Å². The van der Waals surface area contributed by atoms with Crippen molar-refractivity contribution in [2.75, 3.05) is 7.11 Å². The fraction of sp³-hybridized carbons (Fsp3) is 0.182. The van der Waals surface area contributed by atoms with Gasteiger partial charge in [-0.3, -0.25) is 4.79 Å². The van der Waals surface area contributed by atoms with Crippen molar-refractivity contribution in [3.8, 4) is 6.07 Å². The van der Waals surface area contributed by atoms with E-state index in [4.69, 9.17) is 5.26 Å². The predicted octanol–water partition coefficient (Wildman–Crippen LogP) is 1.47. The predicted molar refractivity (Wildman–Crippen MR) is 52.6 cm³/mol. The first-order valence-electron chi connectivity index (χ1n) is 4.22. The first-order valence-corrected chi connectivity index (χ1v) is 4.22. The van der Waals surface area contributed by atoms with Gasteiger partial charge in [-0.2, -0.15) is 5.26 Å². The van der Waals surface area contributed by atoms with E-state index in [-0.39, 0.29) is 11.1 Å². The van der Waals surface area contributed by atoms with Gasteiger partial charge in [0.2, 0.25) is 0 Å². The number of nitriles is 1. The molecular formula is C11H9NO3. The van der Waals surface area contributed by atoms with E-state index in [1.165, 1.54) is 19.2 Å². The smallest absolute Gasteiger partial charge is 0.339 e. The zero-order valence-corrected chi connectivity index (χ0v) is 8.40. The molecule has 0 amide bonds. The van der Waals surface area contributed by atoms with Crippen LogP contribution in [0.15, 0.2) is 12.1 Å². The SMILES string of the molecule is COC(=O)c1cc(C)c(C=O)cc1C#N. The zero-order chi connectivity index (χ0) is 11.4. The van der Waals surface area contributed by atoms with Crippen LogP contribution < -0.4 is 0 Å². The third kappa shape index (κ3) is 2.02. The van der Waals surface area contributed by atoms with Crippen molar-refractivity contribution in [1.82, 2.24) is 0 Å². The Bertz CT molecular complexity index is 458. The molecule has 0 saturated heterocycles. The van der Waals surface area contributed by atoms with E-state index in [1.54, 1.807) is 6.92 Å². The highest BCUT2D eigenvalue weighted by Gasteiger charge is 2.13. The van der Waals surface area contributed by atoms with Crippen molar-refractivity contribution in [2.45, 2.75) is 6.92 Å². The lowest BCUT2D eigenvalue weighted by molar-refractivity contribution is 0.0600. The Hall–Kier alpha value is -2.15. The summed E-state index contributed by atoms with van der Waals surface area (Å²) in [6.07, 6.45) is 0.650. The minimum Gasteiger partial charge on any atom is -0.465 e. The van der Waals surface area contributed by atoms with Crippen LogP contribution in [0.5, 0.6) is 0 Å². The third-order valence-electron chi connectivity index (χ3n) is 2.06. The summed E-state index contributed by atoms with van der Waals surface area (Å²) in [5.74, 6) is -0.577. The lowest BCUT2D eigenvalue weighted by Crippen LogP contribution is -2.06. The van der Waals surface area contributed by atoms with Gasteiger partial charge in [-0.25, -0.2) is 4.79 Å². The summed E-state index contributed by atoms with van der Waals surface area (Å²) in [5.41, 5.74) is 1.38. The van der Waals surface area contributed by atoms with Gasteiger partial charge >= 0.3 is 5.97 Å². The number of hydrogen-bond donors (Lipinski definition) is 0. The molecule has 0 fully saturated rings. The number of benzene rings is 1. The Morgan fingerprint density at radius 1 is 1.53 bits per heavy atom. The van der Waals surface area contributed by atoms with Crippen LogP contribution in [0.3, 0.4) is 0 Å². The molecule has 0 aliphatic heterocycles. The van der Waals surface area contributed by atoms with Crippen molar-refractivity contribution in [3.63, 3.8) is 0 Å². The molecule has 76 valence electrons. The molecule has 0 aliphatic rings. The van der Waals surface area contributed by atoms with Crippen LogP contribution in [-0.4, -0.2) is 19.4 Å². The van der Waals surface area contributed by atoms with Crippen LogP contribution in [0.2, 0.25) is 0 Å². The quantitative estimate of drug-likeness (QED) is 0.539. The average Bonchev–Trinajstić information content (AvgIpc) is 2.27. The Morgan fingerprint density at radius 2 is 2.20 bits per heavy atom. The maximum Gasteiger partial charge on any atom is 0.339 e. The number of carbonyl (C=O) groups excluding carboxylic acids is 2. The monoisotopic (exact) mass is 203 g/mol. The number of hydrogen-bond acceptors (Lipinski definition) is 4. The van der Waals surface area contributed by atoms with Gasteiger partial charge in [-0.1, -0.05) is 0 Å². The van der Waals surface area contributed by atoms with Crippen molar-refractivity contribution >= 4 is 12.3 Å². The van der Waals surface area contributed by atoms with Crippen LogP contribution in [0, 0.1) is 18.3 Å². The summed E-state index contributed by atoms with van der Waals surface area (Å²) in [6.45, 7) is 1.69. The van der Waals surface area contributed by atoms with Crippen LogP contribution in [0.4, 0.5) is 0 Å². The minimum atomic E-state index is -0.577. The fourth-order valence-electron chi connectivity index (χ4n) is 1.22. The first kappa shape index (κ1) is 10.9. The van der Waals surface area contributed by atoms with E-state index >= 15 is 0 Å². The second-order valence-corrected chi connectivity index (χ2v) is 2.98. The number of esters is 1. The third-order valence-corrected chi connectivity index (χ3v) is 2.06. The van der Waals surface area contributed by atoms with Crippen LogP contribution in [0.1, 0.15) is 31.8 Å². The van der Waals surface area contributed by atoms with Gasteiger partial charge in [0.25, 0.3) is 0 Å². The molecule has 1 rings (SSSR count). The molecule has 0 atom stereocenters. The molecule has 0 saturated carbocycles. The maximum atomic E-state index is 11.3. The highest BCUT2D eigenvalue weighted by Crippen LogP contribution is 2.15. The second-order valence-electron chi connectivity index (χ2n) is 2.98. The number of aryl methyl sites for hydroxylation is 1. The Labute approximate surface area is 87.1 Å². The van der Waals surface area contributed by atoms with Gasteiger partial charge in [0.05, 0.1) is 18.2 Å². The fourth-order valence-corrected chi connectivity index (χ4v) is 1.22. The lowest BCUT2D eigenvalue weighted by atomic mass is 10.0. The standard InChI is InChI=1S/C11H9NO3/c1-7-3-10(11(14)15-2)8(5-12)4-9(7)6-13/h3-4,6H,1-2H3. The summed E-state index contributed by atoms with van der Waals surface area (Å²) in [7, 11) is 1.24. The zero-order valence-electron chi connectivity index (χ0n) is 8.40. The summed E-state index contributed by atoms with van der Waals surface area (Å²) >= 11 is 0. The summed E-state index contributed by atoms with van der Waals surface area (Å²) in [5, 5.41) is 8.80. The van der Waals surface area contributed by atoms with E-state index in [1.807, 2.05) is 6.07 Å². The highest BCUT2D eigenvalue weighted by atomic mass is 16.5. The molecule has 0 N–H and O–H groups in total. The number of aldehydes is 1. The molecule has 1 aromatic carbocycles. The Kier molecular flexibility index (Phi) is 3.19. The van der Waals surface area contributed by atoms with Gasteiger partial charge in [0.15, 0.2) is 0 Å². The lowest BCUT2D eigenvalue weighted by Gasteiger charge is -2.05. The number of nitrogens with zero attached hydrogens (tertiary/aromatic N) is 1. The van der Waals surface area contributed by atoms with Crippen LogP contribution in [-0.2, 0) is 4.74 Å². The molecule has 4 nitrogen and oxygen atoms in total. The molecule has 0 aromatic heterocycles. The highest BCUT2D eigenvalue weighted by molar-refractivity contribution is 5.94. The number of rotatable bonds is 2. The normalized spacial score (nSPS) is 9.13. The van der Waals surface area contributed by atoms with Crippen molar-refractivity contribution in [1.29, 1.82) is 5.26 Å². The van der Waals surface area contributed by atoms with Crippen LogP contribution in [0.25, 0.3) is 0 Å². The largest absolute Gasteiger partial charge is 0.465 e. The molecule has 0 bridgehead atoms. The van der Waals surface area contributed by atoms with E-state index in [0.29, 0.717) is 17.4 Å². The van der Waals surface area contributed by atoms with Gasteiger partial charge in [0.1, 0.15) is 12.4 Å². The second kappa shape index (κ2) is 4.38. The molecule has 0 spiro atoms. The minimum absolute atomic E-state index is 0.148. The molecule has 0 aliphatic carbocycles. The van der Waals surface area contributed by atoms with Crippen LogP contribution >= 0.6 is 0 Å². The van der Waals surface area contributed by atoms with E-state index in [0.717, 1.165) is 0 Å². The molecular weight excluding hydrogens is 194 g/mol. The summed E-state index contributed by atoms with van der Waals surface area (Å²) in [6, 6.07) is 4.72. The number of ether oxygens (including phenoxy) is 1. The summed E-state index contributed by atoms with van der Waals surface area (Å²) in [4.78, 5) is 21.9. The Balaban J connectivity index is 3.41. The number of methoxy groups -OCH3 is 1. The van der Waals surface area contributed by atoms with Gasteiger partial charge in [-0.15, -0.1) is 0 Å². The maximum absolute atomic E-state index is 11.3. The first-order chi connectivity index (χ1) is 7.13. The van der Waals surface area contributed by atoms with Crippen molar-refractivity contribution in [2.24, 2.45) is 0 Å². The molecule has 4 heteroatoms. The van der Waals surface area contributed by atoms with E-state index < -0.39 is 5.97 Å². The molecule has 15 heavy (non-hydrogen) atoms. The van der Waals surface area contributed by atoms with Gasteiger partial charge < -0.3 is 4.74 Å². The Morgan fingerprint density at radius 3 is 2.67 bits per heavy atom. The molecule has 1 aromatic rings. The van der Waals surface area contributed by atoms with Crippen molar-refractivity contribution < 1.29 is 14.3 Å².